The maximum absolute atomic E-state index is 12.2. The van der Waals surface area contributed by atoms with Gasteiger partial charge >= 0.3 is 6.18 Å². The van der Waals surface area contributed by atoms with Crippen LogP contribution in [0.2, 0.25) is 0 Å². The molecule has 0 spiro atoms. The number of benzene rings is 2. The lowest BCUT2D eigenvalue weighted by atomic mass is 10.1. The Labute approximate surface area is 167 Å². The van der Waals surface area contributed by atoms with E-state index in [0.717, 1.165) is 11.1 Å². The summed E-state index contributed by atoms with van der Waals surface area (Å²) in [5, 5.41) is 8.85. The third kappa shape index (κ3) is 7.73. The molecule has 0 saturated heterocycles. The number of rotatable bonds is 7. The number of hydrogen-bond acceptors (Lipinski definition) is 3. The van der Waals surface area contributed by atoms with Crippen molar-refractivity contribution in [2.24, 2.45) is 4.99 Å². The molecule has 0 unspecified atom stereocenters. The van der Waals surface area contributed by atoms with Crippen LogP contribution < -0.4 is 20.7 Å². The predicted octanol–water partition coefficient (Wildman–Crippen LogP) is 2.85. The summed E-state index contributed by atoms with van der Waals surface area (Å²) in [7, 11) is 3.22. The molecule has 0 aliphatic heterocycles. The maximum atomic E-state index is 12.2. The lowest BCUT2D eigenvalue weighted by Crippen LogP contribution is -2.36. The molecule has 0 aliphatic rings. The zero-order chi connectivity index (χ0) is 21.3. The first-order valence-electron chi connectivity index (χ1n) is 8.85. The van der Waals surface area contributed by atoms with E-state index in [2.05, 4.69) is 25.7 Å². The second-order valence-electron chi connectivity index (χ2n) is 6.10. The molecule has 29 heavy (non-hydrogen) atoms. The number of carbonyl (C=O) groups excluding carboxylic acids is 1. The second-order valence-corrected chi connectivity index (χ2v) is 6.10. The van der Waals surface area contributed by atoms with E-state index >= 15 is 0 Å². The third-order valence-corrected chi connectivity index (χ3v) is 3.91. The van der Waals surface area contributed by atoms with Crippen molar-refractivity contribution >= 4 is 11.9 Å². The number of nitrogens with zero attached hydrogens (tertiary/aromatic N) is 1. The number of halogens is 3. The Balaban J connectivity index is 1.80. The molecule has 156 valence electrons. The zero-order valence-electron chi connectivity index (χ0n) is 16.1. The first-order valence-corrected chi connectivity index (χ1v) is 8.85. The average Bonchev–Trinajstić information content (AvgIpc) is 2.72. The van der Waals surface area contributed by atoms with Crippen LogP contribution in [0.1, 0.15) is 21.5 Å². The fraction of sp³-hybridized carbons (Fsp3) is 0.300. The van der Waals surface area contributed by atoms with Crippen molar-refractivity contribution in [2.45, 2.75) is 19.3 Å². The molecule has 0 aromatic heterocycles. The van der Waals surface area contributed by atoms with Gasteiger partial charge in [0.25, 0.3) is 5.91 Å². The fourth-order valence-corrected chi connectivity index (χ4v) is 2.38. The van der Waals surface area contributed by atoms with Crippen LogP contribution >= 0.6 is 0 Å². The Kier molecular flexibility index (Phi) is 7.88. The highest BCUT2D eigenvalue weighted by atomic mass is 19.4. The normalized spacial score (nSPS) is 11.7. The summed E-state index contributed by atoms with van der Waals surface area (Å²) in [5.41, 5.74) is 2.43. The van der Waals surface area contributed by atoms with Gasteiger partial charge in [-0.1, -0.05) is 24.3 Å². The van der Waals surface area contributed by atoms with E-state index in [4.69, 9.17) is 0 Å². The van der Waals surface area contributed by atoms with Gasteiger partial charge in [-0.15, -0.1) is 0 Å². The van der Waals surface area contributed by atoms with Gasteiger partial charge in [0.05, 0.1) is 0 Å². The third-order valence-electron chi connectivity index (χ3n) is 3.91. The molecule has 0 aliphatic carbocycles. The number of ether oxygens (including phenoxy) is 1. The predicted molar refractivity (Wildman–Crippen MR) is 105 cm³/mol. The summed E-state index contributed by atoms with van der Waals surface area (Å²) in [6.45, 7) is -0.363. The summed E-state index contributed by atoms with van der Waals surface area (Å²) >= 11 is 0. The molecule has 0 fully saturated rings. The highest BCUT2D eigenvalue weighted by Gasteiger charge is 2.28. The monoisotopic (exact) mass is 408 g/mol. The minimum absolute atomic E-state index is 0.142. The Morgan fingerprint density at radius 3 is 1.93 bits per heavy atom. The number of hydrogen-bond donors (Lipinski definition) is 3. The second kappa shape index (κ2) is 10.4. The van der Waals surface area contributed by atoms with Crippen LogP contribution in [-0.2, 0) is 13.1 Å². The molecule has 1 amide bonds. The molecule has 0 heterocycles. The van der Waals surface area contributed by atoms with Crippen molar-refractivity contribution in [3.63, 3.8) is 0 Å². The average molecular weight is 408 g/mol. The largest absolute Gasteiger partial charge is 0.484 e. The van der Waals surface area contributed by atoms with Gasteiger partial charge in [-0.05, 0) is 35.4 Å². The van der Waals surface area contributed by atoms with Crippen LogP contribution in [-0.4, -0.2) is 38.7 Å². The molecular formula is C20H23F3N4O2. The summed E-state index contributed by atoms with van der Waals surface area (Å²) in [6.07, 6.45) is -4.36. The van der Waals surface area contributed by atoms with Gasteiger partial charge in [0.1, 0.15) is 5.75 Å². The lowest BCUT2D eigenvalue weighted by molar-refractivity contribution is -0.153. The number of guanidine groups is 1. The fourth-order valence-electron chi connectivity index (χ4n) is 2.38. The van der Waals surface area contributed by atoms with Crippen LogP contribution in [0.4, 0.5) is 13.2 Å². The Morgan fingerprint density at radius 1 is 0.966 bits per heavy atom. The summed E-state index contributed by atoms with van der Waals surface area (Å²) < 4.78 is 41.2. The SMILES string of the molecule is CN=C(NCc1ccc(OCC(F)(F)F)cc1)NCc1ccc(C(=O)NC)cc1. The van der Waals surface area contributed by atoms with Crippen LogP contribution in [0.25, 0.3) is 0 Å². The summed E-state index contributed by atoms with van der Waals surface area (Å²) in [5.74, 6) is 0.586. The molecule has 0 saturated carbocycles. The van der Waals surface area contributed by atoms with E-state index in [0.29, 0.717) is 24.6 Å². The van der Waals surface area contributed by atoms with E-state index in [1.165, 1.54) is 12.1 Å². The first-order chi connectivity index (χ1) is 13.8. The highest BCUT2D eigenvalue weighted by Crippen LogP contribution is 2.18. The van der Waals surface area contributed by atoms with Crippen molar-refractivity contribution in [3.05, 3.63) is 65.2 Å². The minimum atomic E-state index is -4.36. The van der Waals surface area contributed by atoms with E-state index in [1.807, 2.05) is 12.1 Å². The van der Waals surface area contributed by atoms with Crippen LogP contribution in [0.15, 0.2) is 53.5 Å². The molecule has 0 atom stereocenters. The summed E-state index contributed by atoms with van der Waals surface area (Å²) in [4.78, 5) is 15.7. The number of alkyl halides is 3. The van der Waals surface area contributed by atoms with E-state index in [1.54, 1.807) is 38.4 Å². The lowest BCUT2D eigenvalue weighted by Gasteiger charge is -2.13. The molecule has 2 aromatic carbocycles. The molecule has 3 N–H and O–H groups in total. The van der Waals surface area contributed by atoms with Crippen molar-refractivity contribution in [1.29, 1.82) is 0 Å². The van der Waals surface area contributed by atoms with Gasteiger partial charge in [-0.2, -0.15) is 13.2 Å². The summed E-state index contributed by atoms with van der Waals surface area (Å²) in [6, 6.07) is 13.5. The van der Waals surface area contributed by atoms with Gasteiger partial charge in [0.2, 0.25) is 0 Å². The van der Waals surface area contributed by atoms with Crippen molar-refractivity contribution in [1.82, 2.24) is 16.0 Å². The standard InChI is InChI=1S/C20H23F3N4O2/c1-24-18(28)16-7-3-14(4-8-16)11-26-19(25-2)27-12-15-5-9-17(10-6-15)29-13-20(21,22)23/h3-10H,11-13H2,1-2H3,(H,24,28)(H2,25,26,27). The number of nitrogens with one attached hydrogen (secondary N) is 3. The van der Waals surface area contributed by atoms with Gasteiger partial charge in [-0.25, -0.2) is 0 Å². The Bertz CT molecular complexity index is 819. The Morgan fingerprint density at radius 2 is 1.48 bits per heavy atom. The van der Waals surface area contributed by atoms with Gasteiger partial charge in [-0.3, -0.25) is 9.79 Å². The smallest absolute Gasteiger partial charge is 0.422 e. The molecule has 0 bridgehead atoms. The highest BCUT2D eigenvalue weighted by molar-refractivity contribution is 5.93. The van der Waals surface area contributed by atoms with Crippen molar-refractivity contribution in [2.75, 3.05) is 20.7 Å². The molecule has 2 aromatic rings. The topological polar surface area (TPSA) is 74.8 Å². The molecule has 9 heteroatoms. The van der Waals surface area contributed by atoms with E-state index < -0.39 is 12.8 Å². The van der Waals surface area contributed by atoms with E-state index in [9.17, 15) is 18.0 Å². The van der Waals surface area contributed by atoms with Crippen molar-refractivity contribution < 1.29 is 22.7 Å². The number of aliphatic imine (C=N–C) groups is 1. The van der Waals surface area contributed by atoms with Gasteiger partial charge in [0.15, 0.2) is 12.6 Å². The molecule has 6 nitrogen and oxygen atoms in total. The first kappa shape index (κ1) is 22.1. The van der Waals surface area contributed by atoms with Crippen molar-refractivity contribution in [3.8, 4) is 5.75 Å². The zero-order valence-corrected chi connectivity index (χ0v) is 16.1. The number of carbonyl (C=O) groups is 1. The Hall–Kier alpha value is -3.23. The van der Waals surface area contributed by atoms with Gasteiger partial charge < -0.3 is 20.7 Å². The van der Waals surface area contributed by atoms with E-state index in [-0.39, 0.29) is 11.7 Å². The quantitative estimate of drug-likeness (QED) is 0.487. The van der Waals surface area contributed by atoms with Crippen LogP contribution in [0, 0.1) is 0 Å². The molecular weight excluding hydrogens is 385 g/mol. The minimum Gasteiger partial charge on any atom is -0.484 e. The molecule has 0 radical (unpaired) electrons. The van der Waals surface area contributed by atoms with Crippen LogP contribution in [0.5, 0.6) is 5.75 Å². The van der Waals surface area contributed by atoms with Crippen LogP contribution in [0.3, 0.4) is 0 Å². The molecule has 2 rings (SSSR count). The maximum Gasteiger partial charge on any atom is 0.422 e. The number of amides is 1. The van der Waals surface area contributed by atoms with Gasteiger partial charge in [0, 0.05) is 32.7 Å².